The average molecular weight is 456 g/mol. The van der Waals surface area contributed by atoms with Crippen LogP contribution < -0.4 is 4.74 Å². The molecule has 1 saturated heterocycles. The number of esters is 1. The predicted octanol–water partition coefficient (Wildman–Crippen LogP) is 4.33. The van der Waals surface area contributed by atoms with E-state index in [9.17, 15) is 19.5 Å². The molecule has 1 amide bonds. The molecule has 2 aromatic carbocycles. The number of Topliss-reactive ketones (excluding diaryl/α,β-unsaturated/α-hetero) is 1. The van der Waals surface area contributed by atoms with Crippen LogP contribution in [-0.4, -0.2) is 46.5 Å². The van der Waals surface area contributed by atoms with Crippen molar-refractivity contribution in [3.05, 3.63) is 52.0 Å². The highest BCUT2D eigenvalue weighted by atomic mass is 35.5. The third kappa shape index (κ3) is 3.50. The fourth-order valence-corrected chi connectivity index (χ4v) is 5.09. The smallest absolute Gasteiger partial charge is 0.408 e. The maximum absolute atomic E-state index is 13.1. The van der Waals surface area contributed by atoms with E-state index in [0.717, 1.165) is 27.2 Å². The molecule has 0 radical (unpaired) electrons. The highest BCUT2D eigenvalue weighted by Crippen LogP contribution is 2.42. The number of aryl methyl sites for hydroxylation is 1. The van der Waals surface area contributed by atoms with Crippen molar-refractivity contribution in [1.29, 1.82) is 0 Å². The van der Waals surface area contributed by atoms with Crippen LogP contribution in [0, 0.1) is 5.92 Å². The topological polar surface area (TPSA) is 93.1 Å². The second-order valence-corrected chi connectivity index (χ2v) is 9.15. The average Bonchev–Trinajstić information content (AvgIpc) is 3.16. The van der Waals surface area contributed by atoms with Crippen molar-refractivity contribution >= 4 is 29.4 Å². The number of nitrogens with zero attached hydrogens (tertiary/aromatic N) is 1. The number of carbonyl (C=O) groups is 3. The van der Waals surface area contributed by atoms with Crippen molar-refractivity contribution in [1.82, 2.24) is 4.90 Å². The normalized spacial score (nSPS) is 23.6. The van der Waals surface area contributed by atoms with Crippen LogP contribution in [0.2, 0.25) is 5.02 Å². The first-order valence-electron chi connectivity index (χ1n) is 10.6. The molecule has 0 spiro atoms. The first kappa shape index (κ1) is 20.8. The van der Waals surface area contributed by atoms with Gasteiger partial charge in [0.15, 0.2) is 6.10 Å². The zero-order valence-electron chi connectivity index (χ0n) is 17.5. The maximum atomic E-state index is 13.1. The molecule has 166 valence electrons. The molecule has 0 aromatic heterocycles. The highest BCUT2D eigenvalue weighted by molar-refractivity contribution is 6.30. The maximum Gasteiger partial charge on any atom is 0.408 e. The largest absolute Gasteiger partial charge is 0.488 e. The van der Waals surface area contributed by atoms with Gasteiger partial charge in [0.2, 0.25) is 5.78 Å². The number of rotatable bonds is 2. The van der Waals surface area contributed by atoms with Gasteiger partial charge in [-0.2, -0.15) is 0 Å². The number of fused-ring (bicyclic) bond motifs is 4. The Kier molecular flexibility index (Phi) is 5.08. The quantitative estimate of drug-likeness (QED) is 0.677. The molecule has 8 heteroatoms. The van der Waals surface area contributed by atoms with Crippen LogP contribution in [0.15, 0.2) is 30.3 Å². The lowest BCUT2D eigenvalue weighted by molar-refractivity contribution is -0.152. The molecule has 1 N–H and O–H groups in total. The lowest BCUT2D eigenvalue weighted by Gasteiger charge is -2.28. The van der Waals surface area contributed by atoms with E-state index in [2.05, 4.69) is 0 Å². The zero-order chi connectivity index (χ0) is 22.6. The van der Waals surface area contributed by atoms with Crippen molar-refractivity contribution in [2.45, 2.75) is 44.9 Å². The molecule has 2 aliphatic heterocycles. The Hall–Kier alpha value is -3.06. The van der Waals surface area contributed by atoms with Crippen LogP contribution in [0.25, 0.3) is 11.1 Å². The number of likely N-dealkylation sites (tertiary alicyclic amines) is 1. The van der Waals surface area contributed by atoms with Crippen molar-refractivity contribution in [2.24, 2.45) is 5.92 Å². The Bertz CT molecular complexity index is 1150. The van der Waals surface area contributed by atoms with Crippen molar-refractivity contribution < 1.29 is 29.0 Å². The van der Waals surface area contributed by atoms with Crippen LogP contribution in [0.1, 0.15) is 41.3 Å². The van der Waals surface area contributed by atoms with E-state index in [1.54, 1.807) is 6.07 Å². The molecule has 2 aromatic rings. The number of carbonyl (C=O) groups excluding carboxylic acids is 2. The summed E-state index contributed by atoms with van der Waals surface area (Å²) in [5, 5.41) is 10.0. The van der Waals surface area contributed by atoms with Gasteiger partial charge in [0.05, 0.1) is 0 Å². The van der Waals surface area contributed by atoms with Crippen LogP contribution in [0.3, 0.4) is 0 Å². The molecule has 3 unspecified atom stereocenters. The third-order valence-electron chi connectivity index (χ3n) is 6.47. The number of hydrogen-bond donors (Lipinski definition) is 1. The van der Waals surface area contributed by atoms with Crippen LogP contribution >= 0.6 is 11.6 Å². The Morgan fingerprint density at radius 3 is 2.75 bits per heavy atom. The molecular formula is C24H22ClNO6. The number of carboxylic acid groups (broad SMARTS) is 1. The first-order chi connectivity index (χ1) is 15.3. The standard InChI is InChI=1S/C24H22ClNO6/c1-12-6-19(26(10-12)24(29)30)23(28)32-20-5-2-13-8-18-16-4-3-15(25)7-14(16)11-31-21(18)9-17(13)22(20)27/h3-4,7-9,12,19-20H,2,5-6,10-11H2,1H3,(H,29,30). The van der Waals surface area contributed by atoms with E-state index < -0.39 is 24.2 Å². The van der Waals surface area contributed by atoms with E-state index in [1.165, 1.54) is 0 Å². The minimum atomic E-state index is -1.15. The van der Waals surface area contributed by atoms with E-state index >= 15 is 0 Å². The number of hydrogen-bond acceptors (Lipinski definition) is 5. The molecule has 7 nitrogen and oxygen atoms in total. The fraction of sp³-hybridized carbons (Fsp3) is 0.375. The van der Waals surface area contributed by atoms with E-state index in [1.807, 2.05) is 31.2 Å². The van der Waals surface area contributed by atoms with Crippen LogP contribution in [0.5, 0.6) is 5.75 Å². The Labute approximate surface area is 189 Å². The first-order valence-corrected chi connectivity index (χ1v) is 11.0. The summed E-state index contributed by atoms with van der Waals surface area (Å²) in [6, 6.07) is 8.50. The summed E-state index contributed by atoms with van der Waals surface area (Å²) in [4.78, 5) is 38.4. The van der Waals surface area contributed by atoms with Gasteiger partial charge >= 0.3 is 12.1 Å². The number of amides is 1. The fourth-order valence-electron chi connectivity index (χ4n) is 4.89. The molecule has 1 fully saturated rings. The third-order valence-corrected chi connectivity index (χ3v) is 6.70. The minimum absolute atomic E-state index is 0.0628. The van der Waals surface area contributed by atoms with Gasteiger partial charge in [-0.05, 0) is 66.1 Å². The number of ketones is 1. The van der Waals surface area contributed by atoms with Gasteiger partial charge in [0.25, 0.3) is 0 Å². The number of ether oxygens (including phenoxy) is 2. The van der Waals surface area contributed by atoms with Crippen molar-refractivity contribution in [3.8, 4) is 16.9 Å². The van der Waals surface area contributed by atoms with E-state index in [4.69, 9.17) is 21.1 Å². The lowest BCUT2D eigenvalue weighted by atomic mass is 9.85. The molecule has 0 bridgehead atoms. The van der Waals surface area contributed by atoms with Gasteiger partial charge in [-0.25, -0.2) is 9.59 Å². The molecule has 0 saturated carbocycles. The summed E-state index contributed by atoms with van der Waals surface area (Å²) >= 11 is 6.10. The van der Waals surface area contributed by atoms with Gasteiger partial charge in [0, 0.05) is 22.7 Å². The van der Waals surface area contributed by atoms with Gasteiger partial charge in [0.1, 0.15) is 18.4 Å². The van der Waals surface area contributed by atoms with Crippen LogP contribution in [-0.2, 0) is 22.6 Å². The van der Waals surface area contributed by atoms with Crippen molar-refractivity contribution in [3.63, 3.8) is 0 Å². The molecule has 2 heterocycles. The Balaban J connectivity index is 1.38. The monoisotopic (exact) mass is 455 g/mol. The van der Waals surface area contributed by atoms with Crippen LogP contribution in [0.4, 0.5) is 4.79 Å². The molecule has 32 heavy (non-hydrogen) atoms. The van der Waals surface area contributed by atoms with Gasteiger partial charge in [-0.15, -0.1) is 0 Å². The second kappa shape index (κ2) is 7.81. The summed E-state index contributed by atoms with van der Waals surface area (Å²) in [6.45, 7) is 2.53. The van der Waals surface area contributed by atoms with E-state index in [0.29, 0.717) is 42.2 Å². The molecule has 5 rings (SSSR count). The second-order valence-electron chi connectivity index (χ2n) is 8.72. The summed E-state index contributed by atoms with van der Waals surface area (Å²) in [5.74, 6) is -0.257. The number of halogens is 1. The summed E-state index contributed by atoms with van der Waals surface area (Å²) < 4.78 is 11.4. The summed E-state index contributed by atoms with van der Waals surface area (Å²) in [7, 11) is 0. The molecule has 3 atom stereocenters. The zero-order valence-corrected chi connectivity index (χ0v) is 18.2. The summed E-state index contributed by atoms with van der Waals surface area (Å²) in [5.41, 5.74) is 4.31. The summed E-state index contributed by atoms with van der Waals surface area (Å²) in [6.07, 6.45) is -0.747. The van der Waals surface area contributed by atoms with Gasteiger partial charge < -0.3 is 14.6 Å². The van der Waals surface area contributed by atoms with Gasteiger partial charge in [-0.3, -0.25) is 9.69 Å². The minimum Gasteiger partial charge on any atom is -0.488 e. The van der Waals surface area contributed by atoms with E-state index in [-0.39, 0.29) is 18.2 Å². The molecule has 3 aliphatic rings. The molecule has 1 aliphatic carbocycles. The Morgan fingerprint density at radius 1 is 1.16 bits per heavy atom. The number of benzene rings is 2. The lowest BCUT2D eigenvalue weighted by Crippen LogP contribution is -2.43. The van der Waals surface area contributed by atoms with Crippen molar-refractivity contribution in [2.75, 3.05) is 6.54 Å². The predicted molar refractivity (Wildman–Crippen MR) is 116 cm³/mol. The SMILES string of the molecule is CC1CC(C(=O)OC2CCc3cc4c(cc3C2=O)OCc2cc(Cl)ccc2-4)N(C(=O)O)C1. The molecular weight excluding hydrogens is 434 g/mol. The Morgan fingerprint density at radius 2 is 1.97 bits per heavy atom. The highest BCUT2D eigenvalue weighted by Gasteiger charge is 2.41. The van der Waals surface area contributed by atoms with Gasteiger partial charge in [-0.1, -0.05) is 24.6 Å².